The molecule has 9 heteroatoms. The fourth-order valence-electron chi connectivity index (χ4n) is 4.16. The van der Waals surface area contributed by atoms with Crippen molar-refractivity contribution in [3.63, 3.8) is 0 Å². The lowest BCUT2D eigenvalue weighted by Gasteiger charge is -2.37. The van der Waals surface area contributed by atoms with Crippen LogP contribution < -0.4 is 19.5 Å². The van der Waals surface area contributed by atoms with Crippen molar-refractivity contribution in [1.29, 1.82) is 0 Å². The molecule has 188 valence electrons. The van der Waals surface area contributed by atoms with E-state index >= 15 is 0 Å². The number of anilines is 1. The fraction of sp³-hybridized carbons (Fsp3) is 0.259. The first-order chi connectivity index (χ1) is 17.4. The van der Waals surface area contributed by atoms with Crippen molar-refractivity contribution >= 4 is 29.3 Å². The van der Waals surface area contributed by atoms with Gasteiger partial charge in [-0.1, -0.05) is 11.6 Å². The van der Waals surface area contributed by atoms with Crippen LogP contribution in [0, 0.1) is 0 Å². The van der Waals surface area contributed by atoms with Crippen LogP contribution in [-0.4, -0.2) is 51.4 Å². The minimum atomic E-state index is -0.422. The zero-order chi connectivity index (χ0) is 25.7. The van der Waals surface area contributed by atoms with Crippen LogP contribution in [-0.2, 0) is 11.2 Å². The average molecular weight is 511 g/mol. The Labute approximate surface area is 214 Å². The second-order valence-electron chi connectivity index (χ2n) is 8.13. The van der Waals surface area contributed by atoms with Gasteiger partial charge in [-0.2, -0.15) is 0 Å². The number of ether oxygens (including phenoxy) is 4. The summed E-state index contributed by atoms with van der Waals surface area (Å²) < 4.78 is 21.8. The second kappa shape index (κ2) is 11.2. The molecule has 0 spiro atoms. The zero-order valence-corrected chi connectivity index (χ0v) is 21.0. The third-order valence-electron chi connectivity index (χ3n) is 6.04. The van der Waals surface area contributed by atoms with Gasteiger partial charge in [0.2, 0.25) is 0 Å². The van der Waals surface area contributed by atoms with Gasteiger partial charge in [0.25, 0.3) is 0 Å². The largest absolute Gasteiger partial charge is 0.493 e. The molecular formula is C27H27ClN2O6. The van der Waals surface area contributed by atoms with Gasteiger partial charge in [-0.25, -0.2) is 9.59 Å². The van der Waals surface area contributed by atoms with Crippen molar-refractivity contribution in [2.45, 2.75) is 12.5 Å². The number of urea groups is 1. The Morgan fingerprint density at radius 3 is 2.28 bits per heavy atom. The summed E-state index contributed by atoms with van der Waals surface area (Å²) in [6, 6.07) is 16.8. The normalized spacial score (nSPS) is 14.4. The standard InChI is InChI=1S/C27H27ClN2O6/c1-33-24-14-18-12-13-30(27(32)29-20-8-6-19(28)7-9-20)23(22(18)15-25(24)34-2)16-36-21-10-4-17(5-11-21)26(31)35-3/h4-11,14-15,23H,12-13,16H2,1-3H3,(H,29,32)/t23-/m0/s1. The van der Waals surface area contributed by atoms with Crippen molar-refractivity contribution < 1.29 is 28.5 Å². The predicted molar refractivity (Wildman–Crippen MR) is 136 cm³/mol. The number of nitrogens with zero attached hydrogens (tertiary/aromatic N) is 1. The van der Waals surface area contributed by atoms with E-state index in [0.29, 0.717) is 46.5 Å². The molecule has 3 aromatic carbocycles. The number of hydrogen-bond donors (Lipinski definition) is 1. The summed E-state index contributed by atoms with van der Waals surface area (Å²) in [6.45, 7) is 0.672. The summed E-state index contributed by atoms with van der Waals surface area (Å²) in [4.78, 5) is 26.8. The number of benzene rings is 3. The highest BCUT2D eigenvalue weighted by Crippen LogP contribution is 2.38. The quantitative estimate of drug-likeness (QED) is 0.431. The van der Waals surface area contributed by atoms with Gasteiger partial charge in [0, 0.05) is 17.3 Å². The minimum absolute atomic E-state index is 0.189. The fourth-order valence-corrected chi connectivity index (χ4v) is 4.29. The van der Waals surface area contributed by atoms with Gasteiger partial charge in [-0.05, 0) is 78.2 Å². The van der Waals surface area contributed by atoms with Crippen molar-refractivity contribution in [3.05, 3.63) is 82.4 Å². The van der Waals surface area contributed by atoms with Gasteiger partial charge in [-0.3, -0.25) is 0 Å². The third-order valence-corrected chi connectivity index (χ3v) is 6.29. The summed E-state index contributed by atoms with van der Waals surface area (Å²) in [7, 11) is 4.50. The zero-order valence-electron chi connectivity index (χ0n) is 20.2. The van der Waals surface area contributed by atoms with Crippen LogP contribution in [0.2, 0.25) is 5.02 Å². The summed E-state index contributed by atoms with van der Waals surface area (Å²) in [5, 5.41) is 3.53. The first kappa shape index (κ1) is 25.2. The molecule has 3 aromatic rings. The number of carbonyl (C=O) groups excluding carboxylic acids is 2. The Morgan fingerprint density at radius 2 is 1.64 bits per heavy atom. The molecule has 0 aliphatic carbocycles. The van der Waals surface area contributed by atoms with Gasteiger partial charge in [0.15, 0.2) is 11.5 Å². The van der Waals surface area contributed by atoms with Crippen LogP contribution >= 0.6 is 11.6 Å². The Morgan fingerprint density at radius 1 is 0.972 bits per heavy atom. The third kappa shape index (κ3) is 5.49. The lowest BCUT2D eigenvalue weighted by molar-refractivity contribution is 0.0600. The molecule has 2 amide bonds. The number of carbonyl (C=O) groups is 2. The molecule has 0 radical (unpaired) electrons. The van der Waals surface area contributed by atoms with E-state index in [-0.39, 0.29) is 12.6 Å². The van der Waals surface area contributed by atoms with Crippen LogP contribution in [0.4, 0.5) is 10.5 Å². The van der Waals surface area contributed by atoms with Gasteiger partial charge in [0.1, 0.15) is 12.4 Å². The second-order valence-corrected chi connectivity index (χ2v) is 8.57. The molecule has 0 bridgehead atoms. The van der Waals surface area contributed by atoms with E-state index < -0.39 is 12.0 Å². The monoisotopic (exact) mass is 510 g/mol. The molecule has 8 nitrogen and oxygen atoms in total. The molecule has 4 rings (SSSR count). The maximum absolute atomic E-state index is 13.3. The van der Waals surface area contributed by atoms with Crippen LogP contribution in [0.25, 0.3) is 0 Å². The number of halogens is 1. The number of nitrogens with one attached hydrogen (secondary N) is 1. The van der Waals surface area contributed by atoms with E-state index in [1.165, 1.54) is 7.11 Å². The Bertz CT molecular complexity index is 1230. The molecule has 0 saturated carbocycles. The van der Waals surface area contributed by atoms with E-state index in [2.05, 4.69) is 5.32 Å². The SMILES string of the molecule is COC(=O)c1ccc(OC[C@H]2c3cc(OC)c(OC)cc3CCN2C(=O)Nc2ccc(Cl)cc2)cc1. The van der Waals surface area contributed by atoms with Crippen molar-refractivity contribution in [2.75, 3.05) is 39.8 Å². The van der Waals surface area contributed by atoms with Crippen molar-refractivity contribution in [3.8, 4) is 17.2 Å². The van der Waals surface area contributed by atoms with Crippen LogP contribution in [0.3, 0.4) is 0 Å². The Hall–Kier alpha value is -3.91. The van der Waals surface area contributed by atoms with Crippen molar-refractivity contribution in [1.82, 2.24) is 4.90 Å². The van der Waals surface area contributed by atoms with Gasteiger partial charge in [-0.15, -0.1) is 0 Å². The molecule has 36 heavy (non-hydrogen) atoms. The maximum Gasteiger partial charge on any atom is 0.337 e. The highest BCUT2D eigenvalue weighted by atomic mass is 35.5. The highest BCUT2D eigenvalue weighted by Gasteiger charge is 2.33. The lowest BCUT2D eigenvalue weighted by Crippen LogP contribution is -2.44. The topological polar surface area (TPSA) is 86.3 Å². The number of amides is 2. The average Bonchev–Trinajstić information content (AvgIpc) is 2.91. The number of rotatable bonds is 7. The Kier molecular flexibility index (Phi) is 7.85. The first-order valence-corrected chi connectivity index (χ1v) is 11.7. The number of fused-ring (bicyclic) bond motifs is 1. The van der Waals surface area contributed by atoms with E-state index in [0.717, 1.165) is 11.1 Å². The van der Waals surface area contributed by atoms with E-state index in [9.17, 15) is 9.59 Å². The molecular weight excluding hydrogens is 484 g/mol. The van der Waals surface area contributed by atoms with Crippen LogP contribution in [0.15, 0.2) is 60.7 Å². The molecule has 0 unspecified atom stereocenters. The summed E-state index contributed by atoms with van der Waals surface area (Å²) in [6.07, 6.45) is 0.647. The molecule has 1 atom stereocenters. The molecule has 0 fully saturated rings. The molecule has 1 N–H and O–H groups in total. The number of hydrogen-bond acceptors (Lipinski definition) is 6. The van der Waals surface area contributed by atoms with Crippen LogP contribution in [0.1, 0.15) is 27.5 Å². The molecule has 0 saturated heterocycles. The summed E-state index contributed by atoms with van der Waals surface area (Å²) in [5.41, 5.74) is 3.03. The van der Waals surface area contributed by atoms with E-state index in [1.54, 1.807) is 67.7 Å². The highest BCUT2D eigenvalue weighted by molar-refractivity contribution is 6.30. The minimum Gasteiger partial charge on any atom is -0.493 e. The first-order valence-electron chi connectivity index (χ1n) is 11.3. The molecule has 1 heterocycles. The molecule has 1 aliphatic heterocycles. The van der Waals surface area contributed by atoms with Gasteiger partial charge < -0.3 is 29.2 Å². The number of esters is 1. The molecule has 0 aromatic heterocycles. The van der Waals surface area contributed by atoms with Crippen molar-refractivity contribution in [2.24, 2.45) is 0 Å². The smallest absolute Gasteiger partial charge is 0.337 e. The summed E-state index contributed by atoms with van der Waals surface area (Å²) in [5.74, 6) is 1.35. The van der Waals surface area contributed by atoms with E-state index in [4.69, 9.17) is 30.5 Å². The maximum atomic E-state index is 13.3. The predicted octanol–water partition coefficient (Wildman–Crippen LogP) is 5.35. The summed E-state index contributed by atoms with van der Waals surface area (Å²) >= 11 is 5.98. The van der Waals surface area contributed by atoms with Gasteiger partial charge in [0.05, 0.1) is 32.9 Å². The van der Waals surface area contributed by atoms with E-state index in [1.807, 2.05) is 12.1 Å². The molecule has 1 aliphatic rings. The Balaban J connectivity index is 1.61. The lowest BCUT2D eigenvalue weighted by atomic mass is 9.92. The number of methoxy groups -OCH3 is 3. The van der Waals surface area contributed by atoms with Gasteiger partial charge >= 0.3 is 12.0 Å². The van der Waals surface area contributed by atoms with Crippen LogP contribution in [0.5, 0.6) is 17.2 Å².